The van der Waals surface area contributed by atoms with Crippen molar-refractivity contribution in [3.05, 3.63) is 28.8 Å². The summed E-state index contributed by atoms with van der Waals surface area (Å²) in [5.41, 5.74) is 0.722. The van der Waals surface area contributed by atoms with E-state index >= 15 is 0 Å². The van der Waals surface area contributed by atoms with Crippen LogP contribution < -0.4 is 0 Å². The first kappa shape index (κ1) is 12.2. The minimum atomic E-state index is -3.30. The summed E-state index contributed by atoms with van der Waals surface area (Å²) < 4.78 is 22.5. The lowest BCUT2D eigenvalue weighted by Crippen LogP contribution is -2.01. The van der Waals surface area contributed by atoms with Gasteiger partial charge in [0.15, 0.2) is 9.84 Å². The Morgan fingerprint density at radius 3 is 2.40 bits per heavy atom. The van der Waals surface area contributed by atoms with Crippen LogP contribution >= 0.6 is 11.6 Å². The summed E-state index contributed by atoms with van der Waals surface area (Å²) in [6.45, 7) is 1.47. The van der Waals surface area contributed by atoms with Crippen LogP contribution in [-0.4, -0.2) is 20.5 Å². The maximum absolute atomic E-state index is 11.2. The fraction of sp³-hybridized carbons (Fsp3) is 0.300. The summed E-state index contributed by atoms with van der Waals surface area (Å²) in [5, 5.41) is 0.163. The van der Waals surface area contributed by atoms with Crippen molar-refractivity contribution in [2.45, 2.75) is 18.2 Å². The molecule has 0 radical (unpaired) electrons. The van der Waals surface area contributed by atoms with Gasteiger partial charge < -0.3 is 0 Å². The molecule has 0 N–H and O–H groups in total. The molecule has 0 aliphatic heterocycles. The highest BCUT2D eigenvalue weighted by Gasteiger charge is 2.12. The zero-order valence-electron chi connectivity index (χ0n) is 8.45. The van der Waals surface area contributed by atoms with Crippen molar-refractivity contribution in [3.8, 4) is 0 Å². The maximum Gasteiger partial charge on any atom is 0.176 e. The Balaban J connectivity index is 3.15. The molecule has 0 atom stereocenters. The summed E-state index contributed by atoms with van der Waals surface area (Å²) in [7, 11) is -3.30. The van der Waals surface area contributed by atoms with Crippen LogP contribution in [0.5, 0.6) is 0 Å². The normalized spacial score (nSPS) is 11.4. The lowest BCUT2D eigenvalue weighted by Gasteiger charge is -2.04. The molecule has 0 saturated carbocycles. The van der Waals surface area contributed by atoms with Crippen molar-refractivity contribution < 1.29 is 13.2 Å². The third kappa shape index (κ3) is 3.32. The SMILES string of the molecule is CC(=O)Cc1ccc(S(C)(=O)=O)c(Cl)c1. The van der Waals surface area contributed by atoms with Gasteiger partial charge in [-0.15, -0.1) is 0 Å². The van der Waals surface area contributed by atoms with E-state index in [1.807, 2.05) is 0 Å². The second-order valence-corrected chi connectivity index (χ2v) is 5.81. The van der Waals surface area contributed by atoms with Crippen molar-refractivity contribution in [2.75, 3.05) is 6.26 Å². The van der Waals surface area contributed by atoms with E-state index < -0.39 is 9.84 Å². The Bertz CT molecular complexity index is 491. The number of carbonyl (C=O) groups is 1. The van der Waals surface area contributed by atoms with Crippen LogP contribution in [0.3, 0.4) is 0 Å². The van der Waals surface area contributed by atoms with Crippen LogP contribution in [-0.2, 0) is 21.1 Å². The molecule has 0 amide bonds. The molecule has 0 aromatic heterocycles. The summed E-state index contributed by atoms with van der Waals surface area (Å²) in [5.74, 6) is 0.0122. The molecule has 0 fully saturated rings. The van der Waals surface area contributed by atoms with Gasteiger partial charge in [-0.05, 0) is 24.6 Å². The molecule has 15 heavy (non-hydrogen) atoms. The average molecular weight is 247 g/mol. The van der Waals surface area contributed by atoms with Gasteiger partial charge in [-0.2, -0.15) is 0 Å². The molecule has 1 aromatic rings. The van der Waals surface area contributed by atoms with E-state index in [2.05, 4.69) is 0 Å². The summed E-state index contributed by atoms with van der Waals surface area (Å²) >= 11 is 5.81. The van der Waals surface area contributed by atoms with Crippen LogP contribution in [0.4, 0.5) is 0 Å². The lowest BCUT2D eigenvalue weighted by molar-refractivity contribution is -0.116. The van der Waals surface area contributed by atoms with Gasteiger partial charge in [0.25, 0.3) is 0 Å². The van der Waals surface area contributed by atoms with E-state index in [1.54, 1.807) is 6.07 Å². The third-order valence-corrected chi connectivity index (χ3v) is 3.43. The summed E-state index contributed by atoms with van der Waals surface area (Å²) in [6.07, 6.45) is 1.36. The van der Waals surface area contributed by atoms with E-state index in [0.717, 1.165) is 11.8 Å². The lowest BCUT2D eigenvalue weighted by atomic mass is 10.1. The van der Waals surface area contributed by atoms with Crippen molar-refractivity contribution in [3.63, 3.8) is 0 Å². The maximum atomic E-state index is 11.2. The second-order valence-electron chi connectivity index (χ2n) is 3.42. The largest absolute Gasteiger partial charge is 0.300 e. The Kier molecular flexibility index (Phi) is 3.52. The van der Waals surface area contributed by atoms with Crippen LogP contribution in [0.1, 0.15) is 12.5 Å². The van der Waals surface area contributed by atoms with Crippen molar-refractivity contribution in [1.82, 2.24) is 0 Å². The van der Waals surface area contributed by atoms with Crippen LogP contribution in [0.15, 0.2) is 23.1 Å². The van der Waals surface area contributed by atoms with E-state index in [1.165, 1.54) is 19.1 Å². The van der Waals surface area contributed by atoms with Crippen LogP contribution in [0, 0.1) is 0 Å². The molecule has 0 unspecified atom stereocenters. The number of Topliss-reactive ketones (excluding diaryl/α,β-unsaturated/α-hetero) is 1. The molecule has 0 saturated heterocycles. The van der Waals surface area contributed by atoms with Crippen molar-refractivity contribution in [1.29, 1.82) is 0 Å². The minimum Gasteiger partial charge on any atom is -0.300 e. The van der Waals surface area contributed by atoms with Gasteiger partial charge in [-0.1, -0.05) is 17.7 Å². The van der Waals surface area contributed by atoms with Gasteiger partial charge in [0.1, 0.15) is 5.78 Å². The summed E-state index contributed by atoms with van der Waals surface area (Å²) in [4.78, 5) is 10.9. The van der Waals surface area contributed by atoms with Gasteiger partial charge >= 0.3 is 0 Å². The number of ketones is 1. The van der Waals surface area contributed by atoms with E-state index in [9.17, 15) is 13.2 Å². The van der Waals surface area contributed by atoms with Crippen LogP contribution in [0.25, 0.3) is 0 Å². The zero-order chi connectivity index (χ0) is 11.6. The average Bonchev–Trinajstić information content (AvgIpc) is 1.99. The second kappa shape index (κ2) is 4.33. The van der Waals surface area contributed by atoms with Gasteiger partial charge in [-0.25, -0.2) is 8.42 Å². The molecular weight excluding hydrogens is 236 g/mol. The van der Waals surface area contributed by atoms with Gasteiger partial charge in [0.2, 0.25) is 0 Å². The molecule has 82 valence electrons. The highest BCUT2D eigenvalue weighted by Crippen LogP contribution is 2.22. The Morgan fingerprint density at radius 2 is 2.00 bits per heavy atom. The molecular formula is C10H11ClO3S. The van der Waals surface area contributed by atoms with Crippen molar-refractivity contribution >= 4 is 27.2 Å². The third-order valence-electron chi connectivity index (χ3n) is 1.85. The molecule has 1 aromatic carbocycles. The number of benzene rings is 1. The van der Waals surface area contributed by atoms with E-state index in [-0.39, 0.29) is 22.1 Å². The fourth-order valence-electron chi connectivity index (χ4n) is 1.24. The molecule has 0 bridgehead atoms. The smallest absolute Gasteiger partial charge is 0.176 e. The molecule has 1 rings (SSSR count). The number of hydrogen-bond acceptors (Lipinski definition) is 3. The highest BCUT2D eigenvalue weighted by atomic mass is 35.5. The van der Waals surface area contributed by atoms with Crippen molar-refractivity contribution in [2.24, 2.45) is 0 Å². The topological polar surface area (TPSA) is 51.2 Å². The molecule has 3 nitrogen and oxygen atoms in total. The fourth-order valence-corrected chi connectivity index (χ4v) is 2.59. The standard InChI is InChI=1S/C10H11ClO3S/c1-7(12)5-8-3-4-10(9(11)6-8)15(2,13)14/h3-4,6H,5H2,1-2H3. The first-order chi connectivity index (χ1) is 6.80. The molecule has 0 aliphatic carbocycles. The predicted molar refractivity (Wildman–Crippen MR) is 58.9 cm³/mol. The zero-order valence-corrected chi connectivity index (χ0v) is 10.0. The Morgan fingerprint density at radius 1 is 1.40 bits per heavy atom. The highest BCUT2D eigenvalue weighted by molar-refractivity contribution is 7.90. The first-order valence-electron chi connectivity index (χ1n) is 4.28. The van der Waals surface area contributed by atoms with E-state index in [4.69, 9.17) is 11.6 Å². The predicted octanol–water partition coefficient (Wildman–Crippen LogP) is 1.88. The number of sulfone groups is 1. The molecule has 0 spiro atoms. The molecule has 5 heteroatoms. The summed E-state index contributed by atoms with van der Waals surface area (Å²) in [6, 6.07) is 4.54. The minimum absolute atomic E-state index is 0.0122. The van der Waals surface area contributed by atoms with Gasteiger partial charge in [-0.3, -0.25) is 4.79 Å². The number of hydrogen-bond donors (Lipinski definition) is 0. The van der Waals surface area contributed by atoms with Gasteiger partial charge in [0.05, 0.1) is 9.92 Å². The van der Waals surface area contributed by atoms with Crippen LogP contribution in [0.2, 0.25) is 5.02 Å². The Labute approximate surface area is 94.0 Å². The van der Waals surface area contributed by atoms with E-state index in [0.29, 0.717) is 0 Å². The molecule has 0 heterocycles. The first-order valence-corrected chi connectivity index (χ1v) is 6.55. The Hall–Kier alpha value is -0.870. The number of rotatable bonds is 3. The number of halogens is 1. The molecule has 0 aliphatic rings. The monoisotopic (exact) mass is 246 g/mol. The number of carbonyl (C=O) groups excluding carboxylic acids is 1. The quantitative estimate of drug-likeness (QED) is 0.818. The van der Waals surface area contributed by atoms with Gasteiger partial charge in [0, 0.05) is 12.7 Å².